The molecule has 0 spiro atoms. The Labute approximate surface area is 148 Å². The molecule has 1 atom stereocenters. The Morgan fingerprint density at radius 2 is 2.00 bits per heavy atom. The summed E-state index contributed by atoms with van der Waals surface area (Å²) in [6.07, 6.45) is 0.223. The summed E-state index contributed by atoms with van der Waals surface area (Å²) >= 11 is 0. The molecule has 2 heterocycles. The van der Waals surface area contributed by atoms with E-state index in [-0.39, 0.29) is 23.3 Å². The first-order valence-corrected chi connectivity index (χ1v) is 10.1. The van der Waals surface area contributed by atoms with Gasteiger partial charge in [-0.1, -0.05) is 13.8 Å². The summed E-state index contributed by atoms with van der Waals surface area (Å²) < 4.78 is 33.5. The van der Waals surface area contributed by atoms with Crippen LogP contribution in [0.4, 0.5) is 5.69 Å². The number of carbonyl (C=O) groups is 1. The third kappa shape index (κ3) is 4.20. The highest BCUT2D eigenvalue weighted by Crippen LogP contribution is 2.25. The third-order valence-corrected chi connectivity index (χ3v) is 6.20. The number of ether oxygens (including phenoxy) is 1. The minimum absolute atomic E-state index is 0.107. The first-order chi connectivity index (χ1) is 11.9. The predicted molar refractivity (Wildman–Crippen MR) is 95.0 cm³/mol. The summed E-state index contributed by atoms with van der Waals surface area (Å²) in [6.45, 7) is 7.55. The Bertz CT molecular complexity index is 742. The van der Waals surface area contributed by atoms with Gasteiger partial charge in [-0.2, -0.15) is 0 Å². The molecule has 1 fully saturated rings. The monoisotopic (exact) mass is 367 g/mol. The number of hydrogen-bond donors (Lipinski definition) is 2. The molecule has 1 unspecified atom stereocenters. The second-order valence-corrected chi connectivity index (χ2v) is 8.62. The SMILES string of the molecule is CC(C)C(CNS(=O)(=O)c1ccc2c(c1)CC(=O)N2)N1CCOCC1. The minimum Gasteiger partial charge on any atom is -0.379 e. The maximum atomic E-state index is 12.7. The highest BCUT2D eigenvalue weighted by molar-refractivity contribution is 7.89. The fourth-order valence-corrected chi connectivity index (χ4v) is 4.45. The van der Waals surface area contributed by atoms with Crippen LogP contribution in [0.1, 0.15) is 19.4 Å². The molecule has 2 aliphatic rings. The molecule has 138 valence electrons. The molecular formula is C17H25N3O4S. The van der Waals surface area contributed by atoms with Gasteiger partial charge in [0.15, 0.2) is 0 Å². The summed E-state index contributed by atoms with van der Waals surface area (Å²) in [6, 6.07) is 4.88. The van der Waals surface area contributed by atoms with Gasteiger partial charge in [0.05, 0.1) is 24.5 Å². The number of benzene rings is 1. The standard InChI is InChI=1S/C17H25N3O4S/c1-12(2)16(20-5-7-24-8-6-20)11-18-25(22,23)14-3-4-15-13(9-14)10-17(21)19-15/h3-4,9,12,16,18H,5-8,10-11H2,1-2H3,(H,19,21). The molecule has 1 aromatic carbocycles. The lowest BCUT2D eigenvalue weighted by atomic mass is 10.0. The zero-order chi connectivity index (χ0) is 18.0. The fourth-order valence-electron chi connectivity index (χ4n) is 3.35. The van der Waals surface area contributed by atoms with Crippen LogP contribution in [0.25, 0.3) is 0 Å². The van der Waals surface area contributed by atoms with Gasteiger partial charge in [0, 0.05) is 31.4 Å². The number of fused-ring (bicyclic) bond motifs is 1. The van der Waals surface area contributed by atoms with Gasteiger partial charge in [0.25, 0.3) is 0 Å². The zero-order valence-electron chi connectivity index (χ0n) is 14.6. The van der Waals surface area contributed by atoms with E-state index in [2.05, 4.69) is 28.8 Å². The van der Waals surface area contributed by atoms with Crippen molar-refractivity contribution in [2.45, 2.75) is 31.2 Å². The number of amides is 1. The largest absolute Gasteiger partial charge is 0.379 e. The fraction of sp³-hybridized carbons (Fsp3) is 0.588. The van der Waals surface area contributed by atoms with Crippen molar-refractivity contribution >= 4 is 21.6 Å². The topological polar surface area (TPSA) is 87.7 Å². The van der Waals surface area contributed by atoms with E-state index < -0.39 is 10.0 Å². The zero-order valence-corrected chi connectivity index (χ0v) is 15.4. The van der Waals surface area contributed by atoms with Gasteiger partial charge in [0.1, 0.15) is 0 Å². The number of hydrogen-bond acceptors (Lipinski definition) is 5. The summed E-state index contributed by atoms with van der Waals surface area (Å²) in [4.78, 5) is 13.9. The lowest BCUT2D eigenvalue weighted by Crippen LogP contribution is -2.51. The summed E-state index contributed by atoms with van der Waals surface area (Å²) in [7, 11) is -3.61. The number of morpholine rings is 1. The van der Waals surface area contributed by atoms with Crippen molar-refractivity contribution in [3.63, 3.8) is 0 Å². The smallest absolute Gasteiger partial charge is 0.240 e. The predicted octanol–water partition coefficient (Wildman–Crippen LogP) is 0.816. The average Bonchev–Trinajstić information content (AvgIpc) is 2.94. The van der Waals surface area contributed by atoms with Gasteiger partial charge in [-0.15, -0.1) is 0 Å². The first-order valence-electron chi connectivity index (χ1n) is 8.61. The van der Waals surface area contributed by atoms with E-state index in [1.165, 1.54) is 6.07 Å². The molecule has 0 aliphatic carbocycles. The second kappa shape index (κ2) is 7.41. The van der Waals surface area contributed by atoms with Crippen LogP contribution >= 0.6 is 0 Å². The molecule has 1 amide bonds. The minimum atomic E-state index is -3.61. The van der Waals surface area contributed by atoms with Crippen molar-refractivity contribution < 1.29 is 17.9 Å². The van der Waals surface area contributed by atoms with Crippen LogP contribution in [-0.2, 0) is 26.0 Å². The van der Waals surface area contributed by atoms with Crippen molar-refractivity contribution in [1.29, 1.82) is 0 Å². The number of rotatable bonds is 6. The van der Waals surface area contributed by atoms with Crippen molar-refractivity contribution in [2.24, 2.45) is 5.92 Å². The van der Waals surface area contributed by atoms with E-state index in [4.69, 9.17) is 4.74 Å². The molecule has 2 aliphatic heterocycles. The number of nitrogens with one attached hydrogen (secondary N) is 2. The summed E-state index contributed by atoms with van der Waals surface area (Å²) in [5.41, 5.74) is 1.42. The lowest BCUT2D eigenvalue weighted by molar-refractivity contribution is -0.115. The van der Waals surface area contributed by atoms with Crippen molar-refractivity contribution in [2.75, 3.05) is 38.2 Å². The number of carbonyl (C=O) groups excluding carboxylic acids is 1. The van der Waals surface area contributed by atoms with E-state index in [0.717, 1.165) is 18.7 Å². The van der Waals surface area contributed by atoms with Crippen LogP contribution in [-0.4, -0.2) is 58.1 Å². The third-order valence-electron chi connectivity index (χ3n) is 4.78. The van der Waals surface area contributed by atoms with E-state index in [9.17, 15) is 13.2 Å². The van der Waals surface area contributed by atoms with Gasteiger partial charge >= 0.3 is 0 Å². The molecule has 2 N–H and O–H groups in total. The van der Waals surface area contributed by atoms with Crippen LogP contribution in [0, 0.1) is 5.92 Å². The highest BCUT2D eigenvalue weighted by Gasteiger charge is 2.27. The molecule has 1 saturated heterocycles. The highest BCUT2D eigenvalue weighted by atomic mass is 32.2. The van der Waals surface area contributed by atoms with Crippen LogP contribution in [0.2, 0.25) is 0 Å². The van der Waals surface area contributed by atoms with Crippen LogP contribution in [0.3, 0.4) is 0 Å². The van der Waals surface area contributed by atoms with Crippen molar-refractivity contribution in [3.8, 4) is 0 Å². The molecule has 0 bridgehead atoms. The quantitative estimate of drug-likeness (QED) is 0.777. The molecule has 3 rings (SSSR count). The van der Waals surface area contributed by atoms with Crippen molar-refractivity contribution in [1.82, 2.24) is 9.62 Å². The molecule has 0 saturated carbocycles. The number of anilines is 1. The Hall–Kier alpha value is -1.48. The van der Waals surface area contributed by atoms with Gasteiger partial charge in [-0.05, 0) is 29.7 Å². The van der Waals surface area contributed by atoms with Gasteiger partial charge < -0.3 is 10.1 Å². The Morgan fingerprint density at radius 3 is 2.68 bits per heavy atom. The molecule has 1 aromatic rings. The molecular weight excluding hydrogens is 342 g/mol. The van der Waals surface area contributed by atoms with Crippen molar-refractivity contribution in [3.05, 3.63) is 23.8 Å². The van der Waals surface area contributed by atoms with Crippen LogP contribution in [0.15, 0.2) is 23.1 Å². The Kier molecular flexibility index (Phi) is 5.43. The summed E-state index contributed by atoms with van der Waals surface area (Å²) in [5.74, 6) is 0.215. The number of sulfonamides is 1. The van der Waals surface area contributed by atoms with E-state index in [1.807, 2.05) is 0 Å². The van der Waals surface area contributed by atoms with E-state index in [1.54, 1.807) is 12.1 Å². The first kappa shape index (κ1) is 18.3. The molecule has 25 heavy (non-hydrogen) atoms. The maximum absolute atomic E-state index is 12.7. The lowest BCUT2D eigenvalue weighted by Gasteiger charge is -2.36. The van der Waals surface area contributed by atoms with Gasteiger partial charge in [0.2, 0.25) is 15.9 Å². The van der Waals surface area contributed by atoms with Crippen LogP contribution in [0.5, 0.6) is 0 Å². The Balaban J connectivity index is 1.70. The maximum Gasteiger partial charge on any atom is 0.240 e. The normalized spacial score (nSPS) is 19.7. The molecule has 0 radical (unpaired) electrons. The van der Waals surface area contributed by atoms with E-state index >= 15 is 0 Å². The second-order valence-electron chi connectivity index (χ2n) is 6.86. The average molecular weight is 367 g/mol. The Morgan fingerprint density at radius 1 is 1.28 bits per heavy atom. The van der Waals surface area contributed by atoms with E-state index in [0.29, 0.717) is 31.4 Å². The van der Waals surface area contributed by atoms with Gasteiger partial charge in [-0.3, -0.25) is 9.69 Å². The van der Waals surface area contributed by atoms with Gasteiger partial charge in [-0.25, -0.2) is 13.1 Å². The molecule has 8 heteroatoms. The molecule has 0 aromatic heterocycles. The van der Waals surface area contributed by atoms with Crippen LogP contribution < -0.4 is 10.0 Å². The number of nitrogens with zero attached hydrogens (tertiary/aromatic N) is 1. The summed E-state index contributed by atoms with van der Waals surface area (Å²) in [5, 5.41) is 2.71. The molecule has 7 nitrogen and oxygen atoms in total.